The van der Waals surface area contributed by atoms with Crippen LogP contribution in [0.5, 0.6) is 5.75 Å². The third-order valence-corrected chi connectivity index (χ3v) is 5.00. The van der Waals surface area contributed by atoms with Crippen molar-refractivity contribution in [2.24, 2.45) is 7.05 Å². The summed E-state index contributed by atoms with van der Waals surface area (Å²) in [6.45, 7) is 3.88. The van der Waals surface area contributed by atoms with Crippen molar-refractivity contribution in [3.63, 3.8) is 0 Å². The van der Waals surface area contributed by atoms with E-state index >= 15 is 0 Å². The second-order valence-corrected chi connectivity index (χ2v) is 7.42. The van der Waals surface area contributed by atoms with Gasteiger partial charge < -0.3 is 9.47 Å². The first-order chi connectivity index (χ1) is 13.7. The molecule has 3 heterocycles. The van der Waals surface area contributed by atoms with Crippen molar-refractivity contribution in [3.8, 4) is 5.75 Å². The van der Waals surface area contributed by atoms with E-state index in [9.17, 15) is 0 Å². The summed E-state index contributed by atoms with van der Waals surface area (Å²) in [6.07, 6.45) is 4.70. The lowest BCUT2D eigenvalue weighted by Crippen LogP contribution is -2.37. The lowest BCUT2D eigenvalue weighted by atomic mass is 10.1. The van der Waals surface area contributed by atoms with Gasteiger partial charge in [0.25, 0.3) is 0 Å². The van der Waals surface area contributed by atoms with Crippen LogP contribution in [0.4, 0.5) is 0 Å². The fraction of sp³-hybridized carbons (Fsp3) is 0.400. The van der Waals surface area contributed by atoms with Crippen molar-refractivity contribution in [2.45, 2.75) is 19.1 Å². The van der Waals surface area contributed by atoms with Gasteiger partial charge in [0.05, 0.1) is 25.1 Å². The van der Waals surface area contributed by atoms with Crippen LogP contribution < -0.4 is 4.74 Å². The molecule has 0 saturated carbocycles. The van der Waals surface area contributed by atoms with Gasteiger partial charge in [-0.2, -0.15) is 10.2 Å². The molecular formula is C20H24ClN5O2. The largest absolute Gasteiger partial charge is 0.493 e. The standard InChI is InChI=1S/C20H24ClN5O2/c1-25-12-15(11-22-25)13-26-7-9-28-20(14-26)19-10-17(23-24-19)6-8-27-18-4-2-16(21)3-5-18/h2-5,10-12,20H,6-9,13-14H2,1H3,(H,23,24)/t20-/m1/s1. The topological polar surface area (TPSA) is 68.2 Å². The predicted octanol–water partition coefficient (Wildman–Crippen LogP) is 2.99. The molecular weight excluding hydrogens is 378 g/mol. The molecule has 3 aromatic rings. The first-order valence-electron chi connectivity index (χ1n) is 9.40. The summed E-state index contributed by atoms with van der Waals surface area (Å²) in [5, 5.41) is 12.5. The molecule has 1 atom stereocenters. The highest BCUT2D eigenvalue weighted by Gasteiger charge is 2.24. The molecule has 1 saturated heterocycles. The number of benzene rings is 1. The molecule has 28 heavy (non-hydrogen) atoms. The number of hydrogen-bond acceptors (Lipinski definition) is 5. The molecule has 0 unspecified atom stereocenters. The minimum absolute atomic E-state index is 0.0207. The number of nitrogens with one attached hydrogen (secondary N) is 1. The third-order valence-electron chi connectivity index (χ3n) is 4.75. The van der Waals surface area contributed by atoms with Gasteiger partial charge in [-0.05, 0) is 30.3 Å². The minimum atomic E-state index is -0.0207. The van der Waals surface area contributed by atoms with Gasteiger partial charge in [0.15, 0.2) is 0 Å². The van der Waals surface area contributed by atoms with E-state index < -0.39 is 0 Å². The van der Waals surface area contributed by atoms with E-state index in [0.717, 1.165) is 43.2 Å². The average molecular weight is 402 g/mol. The molecule has 1 N–H and O–H groups in total. The van der Waals surface area contributed by atoms with Crippen LogP contribution in [-0.4, -0.2) is 51.2 Å². The SMILES string of the molecule is Cn1cc(CN2CCO[C@@H](c3cc(CCOc4ccc(Cl)cc4)[nH]n3)C2)cn1. The number of aryl methyl sites for hydroxylation is 1. The first-order valence-corrected chi connectivity index (χ1v) is 9.77. The minimum Gasteiger partial charge on any atom is -0.493 e. The van der Waals surface area contributed by atoms with E-state index in [4.69, 9.17) is 21.1 Å². The van der Waals surface area contributed by atoms with Crippen LogP contribution in [0.15, 0.2) is 42.7 Å². The van der Waals surface area contributed by atoms with E-state index in [1.165, 1.54) is 5.56 Å². The predicted molar refractivity (Wildman–Crippen MR) is 106 cm³/mol. The van der Waals surface area contributed by atoms with E-state index in [1.54, 1.807) is 0 Å². The maximum absolute atomic E-state index is 5.95. The number of aromatic amines is 1. The maximum Gasteiger partial charge on any atom is 0.119 e. The number of aromatic nitrogens is 4. The summed E-state index contributed by atoms with van der Waals surface area (Å²) in [4.78, 5) is 2.38. The Bertz CT molecular complexity index is 892. The molecule has 1 aliphatic heterocycles. The lowest BCUT2D eigenvalue weighted by Gasteiger charge is -2.31. The van der Waals surface area contributed by atoms with Crippen molar-refractivity contribution in [2.75, 3.05) is 26.3 Å². The van der Waals surface area contributed by atoms with E-state index in [2.05, 4.69) is 32.5 Å². The summed E-state index contributed by atoms with van der Waals surface area (Å²) < 4.78 is 13.5. The Balaban J connectivity index is 1.28. The number of nitrogens with zero attached hydrogens (tertiary/aromatic N) is 4. The molecule has 0 amide bonds. The zero-order valence-electron chi connectivity index (χ0n) is 15.8. The Hall–Kier alpha value is -2.35. The van der Waals surface area contributed by atoms with Crippen molar-refractivity contribution in [1.29, 1.82) is 0 Å². The van der Waals surface area contributed by atoms with Crippen molar-refractivity contribution < 1.29 is 9.47 Å². The van der Waals surface area contributed by atoms with Crippen LogP contribution in [-0.2, 0) is 24.8 Å². The van der Waals surface area contributed by atoms with Gasteiger partial charge in [-0.15, -0.1) is 0 Å². The summed E-state index contributed by atoms with van der Waals surface area (Å²) in [5.41, 5.74) is 3.19. The van der Waals surface area contributed by atoms with Gasteiger partial charge in [0.1, 0.15) is 11.9 Å². The third kappa shape index (κ3) is 4.92. The summed E-state index contributed by atoms with van der Waals surface area (Å²) in [5.74, 6) is 0.811. The number of rotatable bonds is 7. The number of morpholine rings is 1. The van der Waals surface area contributed by atoms with Gasteiger partial charge in [0, 0.05) is 55.6 Å². The van der Waals surface area contributed by atoms with Gasteiger partial charge in [-0.1, -0.05) is 11.6 Å². The van der Waals surface area contributed by atoms with Crippen LogP contribution in [0.1, 0.15) is 23.1 Å². The summed E-state index contributed by atoms with van der Waals surface area (Å²) in [7, 11) is 1.94. The maximum atomic E-state index is 5.95. The van der Waals surface area contributed by atoms with Gasteiger partial charge in [0.2, 0.25) is 0 Å². The van der Waals surface area contributed by atoms with Crippen LogP contribution in [0.3, 0.4) is 0 Å². The van der Waals surface area contributed by atoms with Crippen LogP contribution in [0, 0.1) is 0 Å². The van der Waals surface area contributed by atoms with E-state index in [1.807, 2.05) is 42.2 Å². The molecule has 0 radical (unpaired) electrons. The average Bonchev–Trinajstić information content (AvgIpc) is 3.33. The Morgan fingerprint density at radius 2 is 2.18 bits per heavy atom. The molecule has 1 aliphatic rings. The lowest BCUT2D eigenvalue weighted by molar-refractivity contribution is -0.0350. The van der Waals surface area contributed by atoms with Crippen molar-refractivity contribution in [1.82, 2.24) is 24.9 Å². The van der Waals surface area contributed by atoms with Crippen LogP contribution >= 0.6 is 11.6 Å². The molecule has 7 nitrogen and oxygen atoms in total. The summed E-state index contributed by atoms with van der Waals surface area (Å²) >= 11 is 5.89. The van der Waals surface area contributed by atoms with E-state index in [-0.39, 0.29) is 6.10 Å². The summed E-state index contributed by atoms with van der Waals surface area (Å²) in [6, 6.07) is 9.45. The second-order valence-electron chi connectivity index (χ2n) is 6.99. The zero-order valence-corrected chi connectivity index (χ0v) is 16.6. The smallest absolute Gasteiger partial charge is 0.119 e. The molecule has 1 fully saturated rings. The van der Waals surface area contributed by atoms with Gasteiger partial charge >= 0.3 is 0 Å². The monoisotopic (exact) mass is 401 g/mol. The second kappa shape index (κ2) is 8.77. The molecule has 4 rings (SSSR count). The Kier molecular flexibility index (Phi) is 5.95. The van der Waals surface area contributed by atoms with Crippen LogP contribution in [0.2, 0.25) is 5.02 Å². The highest BCUT2D eigenvalue weighted by Crippen LogP contribution is 2.22. The highest BCUT2D eigenvalue weighted by molar-refractivity contribution is 6.30. The Morgan fingerprint density at radius 3 is 2.96 bits per heavy atom. The zero-order chi connectivity index (χ0) is 19.3. The number of halogens is 1. The molecule has 0 spiro atoms. The molecule has 148 valence electrons. The molecule has 8 heteroatoms. The molecule has 0 aliphatic carbocycles. The number of H-pyrrole nitrogens is 1. The normalized spacial score (nSPS) is 17.7. The highest BCUT2D eigenvalue weighted by atomic mass is 35.5. The molecule has 0 bridgehead atoms. The van der Waals surface area contributed by atoms with Gasteiger partial charge in [-0.3, -0.25) is 14.7 Å². The number of ether oxygens (including phenoxy) is 2. The van der Waals surface area contributed by atoms with E-state index in [0.29, 0.717) is 18.2 Å². The Morgan fingerprint density at radius 1 is 1.32 bits per heavy atom. The quantitative estimate of drug-likeness (QED) is 0.659. The molecule has 1 aromatic carbocycles. The molecule has 2 aromatic heterocycles. The first kappa shape index (κ1) is 19.0. The Labute approximate surface area is 169 Å². The van der Waals surface area contributed by atoms with Crippen molar-refractivity contribution >= 4 is 11.6 Å². The van der Waals surface area contributed by atoms with Gasteiger partial charge in [-0.25, -0.2) is 0 Å². The number of hydrogen-bond donors (Lipinski definition) is 1. The van der Waals surface area contributed by atoms with Crippen molar-refractivity contribution in [3.05, 3.63) is 64.7 Å². The fourth-order valence-corrected chi connectivity index (χ4v) is 3.44. The fourth-order valence-electron chi connectivity index (χ4n) is 3.32. The van der Waals surface area contributed by atoms with Crippen LogP contribution in [0.25, 0.3) is 0 Å².